The van der Waals surface area contributed by atoms with Gasteiger partial charge in [-0.15, -0.1) is 96.4 Å². The molecule has 33 heavy (non-hydrogen) atoms. The molecule has 0 radical (unpaired) electrons. The van der Waals surface area contributed by atoms with E-state index in [1.54, 1.807) is 0 Å². The van der Waals surface area contributed by atoms with Crippen molar-refractivity contribution in [1.29, 1.82) is 0 Å². The predicted molar refractivity (Wildman–Crippen MR) is 164 cm³/mol. The van der Waals surface area contributed by atoms with Crippen molar-refractivity contribution in [3.63, 3.8) is 0 Å². The van der Waals surface area contributed by atoms with Crippen molar-refractivity contribution in [2.45, 2.75) is 24.5 Å². The molecule has 0 aliphatic rings. The maximum absolute atomic E-state index is 6.67. The summed E-state index contributed by atoms with van der Waals surface area (Å²) in [6, 6.07) is 9.42. The molecule has 0 spiro atoms. The van der Waals surface area contributed by atoms with E-state index >= 15 is 0 Å². The summed E-state index contributed by atoms with van der Waals surface area (Å²) in [6.45, 7) is 0. The van der Waals surface area contributed by atoms with E-state index in [0.29, 0.717) is 15.0 Å². The molecule has 0 fully saturated rings. The molecule has 0 amide bonds. The maximum atomic E-state index is 6.67. The van der Waals surface area contributed by atoms with Crippen molar-refractivity contribution in [2.24, 2.45) is 0 Å². The molecule has 0 unspecified atom stereocenters. The third-order valence-electron chi connectivity index (χ3n) is 6.86. The van der Waals surface area contributed by atoms with Crippen molar-refractivity contribution in [3.05, 3.63) is 36.4 Å². The Morgan fingerprint density at radius 3 is 1.39 bits per heavy atom. The Kier molecular flexibility index (Phi) is 4.61. The predicted octanol–water partition coefficient (Wildman–Crippen LogP) is 9.23. The van der Waals surface area contributed by atoms with Crippen molar-refractivity contribution in [3.8, 4) is 0 Å². The van der Waals surface area contributed by atoms with Gasteiger partial charge in [0, 0.05) is 51.2 Å². The summed E-state index contributed by atoms with van der Waals surface area (Å²) in [5, 5.41) is 13.5. The van der Waals surface area contributed by atoms with Gasteiger partial charge in [0.25, 0.3) is 0 Å². The SMILES string of the molecule is Sc1c(S)c2c(S)c(S)c3c(S)c([Si](Cl)(Cl)Cl)c4ccc5ccc6ccc1c1c6c5c4c3c21. The number of halogens is 3. The van der Waals surface area contributed by atoms with E-state index in [1.807, 2.05) is 0 Å². The zero-order chi connectivity index (χ0) is 23.1. The van der Waals surface area contributed by atoms with Crippen molar-refractivity contribution >= 4 is 172 Å². The Morgan fingerprint density at radius 2 is 0.848 bits per heavy atom. The Labute approximate surface area is 231 Å². The lowest BCUT2D eigenvalue weighted by molar-refractivity contribution is 1.29. The monoisotopic (exact) mass is 592 g/mol. The Balaban J connectivity index is 2.05. The minimum atomic E-state index is -3.33. The van der Waals surface area contributed by atoms with Crippen molar-refractivity contribution in [1.82, 2.24) is 0 Å². The van der Waals surface area contributed by atoms with Crippen LogP contribution in [0.15, 0.2) is 60.9 Å². The van der Waals surface area contributed by atoms with E-state index in [1.165, 1.54) is 5.39 Å². The zero-order valence-electron chi connectivity index (χ0n) is 16.3. The van der Waals surface area contributed by atoms with E-state index in [-0.39, 0.29) is 0 Å². The van der Waals surface area contributed by atoms with Crippen molar-refractivity contribution < 1.29 is 0 Å². The summed E-state index contributed by atoms with van der Waals surface area (Å²) >= 11 is 44.6. The summed E-state index contributed by atoms with van der Waals surface area (Å²) < 4.78 is 0. The Hall–Kier alpha value is -0.283. The largest absolute Gasteiger partial charge is 0.374 e. The third-order valence-corrected chi connectivity index (χ3v) is 12.5. The fourth-order valence-corrected chi connectivity index (χ4v) is 11.2. The molecular formula is C24H11Cl3S5Si. The molecule has 0 N–H and O–H groups in total. The van der Waals surface area contributed by atoms with Gasteiger partial charge in [0.2, 0.25) is 0 Å². The summed E-state index contributed by atoms with van der Waals surface area (Å²) in [5.74, 6) is 0. The molecule has 0 nitrogen and oxygen atoms in total. The second kappa shape index (κ2) is 6.93. The second-order valence-electron chi connectivity index (χ2n) is 8.35. The molecule has 9 heteroatoms. The normalized spacial score (nSPS) is 13.5. The van der Waals surface area contributed by atoms with Crippen LogP contribution in [-0.2, 0) is 0 Å². The number of thiol groups is 5. The van der Waals surface area contributed by atoms with Gasteiger partial charge in [-0.2, -0.15) is 0 Å². The van der Waals surface area contributed by atoms with Gasteiger partial charge in [-0.25, -0.2) is 0 Å². The van der Waals surface area contributed by atoms with Gasteiger partial charge >= 0.3 is 6.00 Å². The molecule has 0 atom stereocenters. The quantitative estimate of drug-likeness (QED) is 0.0405. The minimum absolute atomic E-state index is 0.654. The first-order valence-electron chi connectivity index (χ1n) is 9.92. The lowest BCUT2D eigenvalue weighted by Gasteiger charge is -2.27. The first-order chi connectivity index (χ1) is 15.6. The van der Waals surface area contributed by atoms with Gasteiger partial charge in [-0.05, 0) is 43.1 Å². The van der Waals surface area contributed by atoms with Crippen LogP contribution >= 0.6 is 96.4 Å². The highest BCUT2D eigenvalue weighted by molar-refractivity contribution is 7.85. The molecule has 0 aliphatic carbocycles. The maximum Gasteiger partial charge on any atom is 0.374 e. The summed E-state index contributed by atoms with van der Waals surface area (Å²) in [6.07, 6.45) is 0. The van der Waals surface area contributed by atoms with Crippen LogP contribution in [0.4, 0.5) is 0 Å². The van der Waals surface area contributed by atoms with Crippen molar-refractivity contribution in [2.75, 3.05) is 0 Å². The molecule has 7 aromatic rings. The van der Waals surface area contributed by atoms with Gasteiger partial charge in [-0.3, -0.25) is 0 Å². The van der Waals surface area contributed by atoms with Crippen LogP contribution in [0.25, 0.3) is 64.6 Å². The molecule has 0 saturated heterocycles. The molecule has 0 aromatic heterocycles. The molecule has 7 rings (SSSR count). The van der Waals surface area contributed by atoms with Gasteiger partial charge in [-0.1, -0.05) is 36.4 Å². The number of rotatable bonds is 1. The lowest BCUT2D eigenvalue weighted by atomic mass is 9.82. The van der Waals surface area contributed by atoms with Crippen LogP contribution in [0, 0.1) is 0 Å². The second-order valence-corrected chi connectivity index (χ2v) is 18.9. The first-order valence-corrected chi connectivity index (χ1v) is 17.2. The molecule has 7 aromatic carbocycles. The molecule has 0 heterocycles. The minimum Gasteiger partial charge on any atom is -0.143 e. The van der Waals surface area contributed by atoms with Crippen LogP contribution in [0.3, 0.4) is 0 Å². The Bertz CT molecular complexity index is 1960. The van der Waals surface area contributed by atoms with Crippen LogP contribution in [-0.4, -0.2) is 6.00 Å². The van der Waals surface area contributed by atoms with E-state index in [0.717, 1.165) is 73.9 Å². The highest BCUT2D eigenvalue weighted by atomic mass is 35.8. The molecule has 0 saturated carbocycles. The van der Waals surface area contributed by atoms with E-state index in [2.05, 4.69) is 36.4 Å². The number of benzene rings is 7. The van der Waals surface area contributed by atoms with Gasteiger partial charge in [0.05, 0.1) is 0 Å². The molecule has 162 valence electrons. The summed E-state index contributed by atoms with van der Waals surface area (Å²) in [5.41, 5.74) is 0. The first kappa shape index (κ1) is 22.0. The summed E-state index contributed by atoms with van der Waals surface area (Å²) in [4.78, 5) is 3.68. The third kappa shape index (κ3) is 2.55. The number of hydrogen-bond donors (Lipinski definition) is 5. The fourth-order valence-electron chi connectivity index (χ4n) is 5.63. The summed E-state index contributed by atoms with van der Waals surface area (Å²) in [7, 11) is 0. The topological polar surface area (TPSA) is 0 Å². The fraction of sp³-hybridized carbons (Fsp3) is 0. The highest BCUT2D eigenvalue weighted by Crippen LogP contribution is 2.55. The number of hydrogen-bond acceptors (Lipinski definition) is 5. The van der Waals surface area contributed by atoms with E-state index in [4.69, 9.17) is 96.4 Å². The smallest absolute Gasteiger partial charge is 0.143 e. The van der Waals surface area contributed by atoms with E-state index < -0.39 is 6.00 Å². The average molecular weight is 594 g/mol. The van der Waals surface area contributed by atoms with Crippen LogP contribution in [0.1, 0.15) is 0 Å². The van der Waals surface area contributed by atoms with Gasteiger partial charge < -0.3 is 0 Å². The van der Waals surface area contributed by atoms with Crippen LogP contribution in [0.2, 0.25) is 0 Å². The Morgan fingerprint density at radius 1 is 0.424 bits per heavy atom. The van der Waals surface area contributed by atoms with Gasteiger partial charge in [0.15, 0.2) is 0 Å². The highest BCUT2D eigenvalue weighted by Gasteiger charge is 2.36. The van der Waals surface area contributed by atoms with Crippen LogP contribution in [0.5, 0.6) is 0 Å². The van der Waals surface area contributed by atoms with Crippen LogP contribution < -0.4 is 5.19 Å². The molecular weight excluding hydrogens is 583 g/mol. The standard InChI is InChI=1S/C24H11Cl3S5Si/c25-33(26,27)24-10-6-4-8-2-1-7-3-5-9-13-11(7)12(8)14(10)16-15(13)17(20(29)19(9)28)21(30)22(31)18(16)23(24)32/h1-6,28-32H. The zero-order valence-corrected chi connectivity index (χ0v) is 24.1. The van der Waals surface area contributed by atoms with Gasteiger partial charge in [0.1, 0.15) is 0 Å². The lowest BCUT2D eigenvalue weighted by Crippen LogP contribution is -2.32. The van der Waals surface area contributed by atoms with E-state index in [9.17, 15) is 0 Å². The molecule has 0 bridgehead atoms. The average Bonchev–Trinajstić information content (AvgIpc) is 2.77. The molecule has 0 aliphatic heterocycles.